The molecule has 1 aliphatic heterocycles. The van der Waals surface area contributed by atoms with E-state index in [4.69, 9.17) is 24.1 Å². The van der Waals surface area contributed by atoms with Gasteiger partial charge < -0.3 is 24.1 Å². The van der Waals surface area contributed by atoms with Crippen LogP contribution < -0.4 is 5.73 Å². The van der Waals surface area contributed by atoms with Crippen LogP contribution in [0.25, 0.3) is 11.2 Å². The Kier molecular flexibility index (Phi) is 9.06. The molecule has 10 nitrogen and oxygen atoms in total. The number of aromatic nitrogens is 4. The number of carbonyl (C=O) groups excluding carboxylic acids is 1. The second-order valence-corrected chi connectivity index (χ2v) is 24.9. The minimum absolute atomic E-state index is 0.0489. The average molecular weight is 726 g/mol. The van der Waals surface area contributed by atoms with E-state index in [1.807, 2.05) is 6.07 Å². The Balaban J connectivity index is 1.85. The summed E-state index contributed by atoms with van der Waals surface area (Å²) in [5.41, 5.74) is 7.53. The summed E-state index contributed by atoms with van der Waals surface area (Å²) >= 11 is 2.31. The summed E-state index contributed by atoms with van der Waals surface area (Å²) in [7, 11) is -4.63. The predicted molar refractivity (Wildman–Crippen MR) is 177 cm³/mol. The van der Waals surface area contributed by atoms with Crippen molar-refractivity contribution >= 4 is 62.2 Å². The normalized spacial score (nSPS) is 23.8. The van der Waals surface area contributed by atoms with E-state index in [1.54, 1.807) is 35.2 Å². The molecule has 3 aromatic rings. The van der Waals surface area contributed by atoms with Gasteiger partial charge in [0.2, 0.25) is 0 Å². The summed E-state index contributed by atoms with van der Waals surface area (Å²) in [5, 5.41) is -0.149. The Morgan fingerprint density at radius 1 is 1.02 bits per heavy atom. The lowest BCUT2D eigenvalue weighted by molar-refractivity contribution is -0.220. The molecule has 0 saturated carbocycles. The van der Waals surface area contributed by atoms with Gasteiger partial charge in [-0.25, -0.2) is 19.7 Å². The van der Waals surface area contributed by atoms with Gasteiger partial charge in [-0.3, -0.25) is 4.57 Å². The molecule has 4 rings (SSSR count). The molecule has 2 N–H and O–H groups in total. The van der Waals surface area contributed by atoms with Crippen LogP contribution in [0.5, 0.6) is 0 Å². The number of nitrogens with zero attached hydrogens (tertiary/aromatic N) is 4. The van der Waals surface area contributed by atoms with Crippen LogP contribution in [0.2, 0.25) is 36.3 Å². The number of nitrogens with two attached hydrogens (primary N) is 1. The van der Waals surface area contributed by atoms with Gasteiger partial charge >= 0.3 is 5.97 Å². The Bertz CT molecular complexity index is 1420. The molecule has 13 heteroatoms. The fourth-order valence-electron chi connectivity index (χ4n) is 4.15. The largest absolute Gasteiger partial charge is 0.426 e. The molecule has 42 heavy (non-hydrogen) atoms. The number of carbonyl (C=O) groups is 1. The molecule has 0 amide bonds. The maximum Gasteiger partial charge on any atom is 0.340 e. The first-order valence-electron chi connectivity index (χ1n) is 14.1. The number of benzene rings is 1. The van der Waals surface area contributed by atoms with Crippen molar-refractivity contribution < 1.29 is 23.1 Å². The molecule has 0 aliphatic carbocycles. The number of nitrogen functional groups attached to an aromatic ring is 1. The molecule has 1 saturated heterocycles. The minimum atomic E-state index is -2.35. The first-order chi connectivity index (χ1) is 19.3. The second-order valence-electron chi connectivity index (χ2n) is 14.0. The third-order valence-electron chi connectivity index (χ3n) is 8.92. The number of imidazole rings is 1. The van der Waals surface area contributed by atoms with Gasteiger partial charge in [0.1, 0.15) is 28.5 Å². The lowest BCUT2D eigenvalue weighted by Crippen LogP contribution is -2.54. The number of rotatable bonds is 8. The van der Waals surface area contributed by atoms with Gasteiger partial charge in [0, 0.05) is 0 Å². The molecule has 0 bridgehead atoms. The van der Waals surface area contributed by atoms with E-state index >= 15 is 0 Å². The van der Waals surface area contributed by atoms with Crippen molar-refractivity contribution in [1.29, 1.82) is 0 Å². The lowest BCUT2D eigenvalue weighted by Gasteiger charge is -2.41. The van der Waals surface area contributed by atoms with E-state index in [2.05, 4.69) is 105 Å². The molecule has 1 aliphatic rings. The van der Waals surface area contributed by atoms with Crippen molar-refractivity contribution in [1.82, 2.24) is 19.5 Å². The van der Waals surface area contributed by atoms with Crippen LogP contribution in [-0.2, 0) is 18.3 Å². The summed E-state index contributed by atoms with van der Waals surface area (Å²) < 4.78 is 28.4. The van der Waals surface area contributed by atoms with Crippen molar-refractivity contribution in [2.75, 3.05) is 12.3 Å². The van der Waals surface area contributed by atoms with Gasteiger partial charge in [-0.15, -0.1) is 0 Å². The smallest absolute Gasteiger partial charge is 0.340 e. The molecule has 0 unspecified atom stereocenters. The Morgan fingerprint density at radius 3 is 2.24 bits per heavy atom. The average Bonchev–Trinajstić information content (AvgIpc) is 3.43. The zero-order valence-corrected chi connectivity index (χ0v) is 30.4. The summed E-state index contributed by atoms with van der Waals surface area (Å²) in [4.78, 5) is 26.7. The van der Waals surface area contributed by atoms with Gasteiger partial charge in [-0.2, -0.15) is 0 Å². The van der Waals surface area contributed by atoms with Gasteiger partial charge in [0.15, 0.2) is 34.3 Å². The second kappa shape index (κ2) is 11.5. The number of halogens is 1. The highest BCUT2D eigenvalue weighted by Crippen LogP contribution is 2.50. The topological polar surface area (TPSA) is 124 Å². The summed E-state index contributed by atoms with van der Waals surface area (Å²) in [6.07, 6.45) is 1.79. The summed E-state index contributed by atoms with van der Waals surface area (Å²) in [6, 6.07) is 8.93. The first-order valence-corrected chi connectivity index (χ1v) is 21.2. The Hall–Kier alpha value is -1.92. The van der Waals surface area contributed by atoms with Crippen molar-refractivity contribution in [2.24, 2.45) is 0 Å². The molecule has 0 radical (unpaired) electrons. The van der Waals surface area contributed by atoms with Crippen LogP contribution in [0.15, 0.2) is 43.0 Å². The number of alkyl halides is 1. The molecule has 230 valence electrons. The van der Waals surface area contributed by atoms with Crippen molar-refractivity contribution in [3.05, 3.63) is 48.5 Å². The fraction of sp³-hybridized carbons (Fsp3) is 0.586. The fourth-order valence-corrected chi connectivity index (χ4v) is 7.66. The van der Waals surface area contributed by atoms with E-state index in [1.165, 1.54) is 6.33 Å². The number of esters is 1. The van der Waals surface area contributed by atoms with Gasteiger partial charge in [-0.05, 0) is 48.4 Å². The predicted octanol–water partition coefficient (Wildman–Crippen LogP) is 6.71. The zero-order chi connectivity index (χ0) is 31.3. The Morgan fingerprint density at radius 2 is 1.64 bits per heavy atom. The van der Waals surface area contributed by atoms with Crippen LogP contribution in [-0.4, -0.2) is 64.5 Å². The molecule has 4 atom stereocenters. The third kappa shape index (κ3) is 6.31. The number of ether oxygens (including phenoxy) is 2. The van der Waals surface area contributed by atoms with Crippen molar-refractivity contribution in [3.8, 4) is 0 Å². The molecular weight excluding hydrogens is 681 g/mol. The Labute approximate surface area is 264 Å². The monoisotopic (exact) mass is 725 g/mol. The van der Waals surface area contributed by atoms with Gasteiger partial charge in [-0.1, -0.05) is 82.3 Å². The summed E-state index contributed by atoms with van der Waals surface area (Å²) in [6.45, 7) is 21.9. The molecular formula is C29H44IN5O5Si2. The number of anilines is 1. The van der Waals surface area contributed by atoms with Crippen LogP contribution in [0.1, 0.15) is 58.1 Å². The zero-order valence-electron chi connectivity index (χ0n) is 26.3. The number of hydrogen-bond donors (Lipinski definition) is 1. The standard InChI is InChI=1S/C29H44IN5O5Si2/c1-27(2,3)41(7,8)37-16-29(39-26(36)19-14-12-11-13-15-19)22(30)21(40-42(9,10)28(4,5)6)25(38-29)35-18-34-20-23(31)32-17-33-24(20)35/h11-15,17-18,21-22,25H,16H2,1-10H3,(H2,31,32,33)/t21-,22+,25-,29-/m1/s1. The van der Waals surface area contributed by atoms with E-state index < -0.39 is 44.6 Å². The maximum atomic E-state index is 13.6. The van der Waals surface area contributed by atoms with Crippen LogP contribution in [0.3, 0.4) is 0 Å². The van der Waals surface area contributed by atoms with Gasteiger partial charge in [0.25, 0.3) is 5.79 Å². The molecule has 3 heterocycles. The highest BCUT2D eigenvalue weighted by molar-refractivity contribution is 14.1. The summed E-state index contributed by atoms with van der Waals surface area (Å²) in [5.74, 6) is -1.69. The van der Waals surface area contributed by atoms with E-state index in [9.17, 15) is 4.79 Å². The lowest BCUT2D eigenvalue weighted by atomic mass is 10.1. The van der Waals surface area contributed by atoms with Crippen molar-refractivity contribution in [3.63, 3.8) is 0 Å². The van der Waals surface area contributed by atoms with Crippen LogP contribution in [0, 0.1) is 0 Å². The highest BCUT2D eigenvalue weighted by atomic mass is 127. The van der Waals surface area contributed by atoms with Crippen LogP contribution >= 0.6 is 22.6 Å². The molecule has 0 spiro atoms. The molecule has 1 fully saturated rings. The maximum absolute atomic E-state index is 13.6. The quantitative estimate of drug-likeness (QED) is 0.117. The third-order valence-corrected chi connectivity index (χ3v) is 19.5. The van der Waals surface area contributed by atoms with Crippen molar-refractivity contribution in [2.45, 2.75) is 99.9 Å². The molecule has 2 aromatic heterocycles. The minimum Gasteiger partial charge on any atom is -0.426 e. The van der Waals surface area contributed by atoms with E-state index in [-0.39, 0.29) is 22.5 Å². The molecule has 1 aromatic carbocycles. The van der Waals surface area contributed by atoms with E-state index in [0.717, 1.165) is 0 Å². The SMILES string of the molecule is CC(C)(C)[Si](C)(C)OC[C@]1(OC(=O)c2ccccc2)O[C@@H](n2cnc3c(N)ncnc32)[C@H](O[Si](C)(C)C(C)(C)C)[C@@H]1I. The highest BCUT2D eigenvalue weighted by Gasteiger charge is 2.61. The first kappa shape index (κ1) is 33.0. The number of fused-ring (bicyclic) bond motifs is 1. The van der Waals surface area contributed by atoms with Crippen LogP contribution in [0.4, 0.5) is 5.82 Å². The van der Waals surface area contributed by atoms with E-state index in [0.29, 0.717) is 16.7 Å². The number of hydrogen-bond acceptors (Lipinski definition) is 9. The van der Waals surface area contributed by atoms with Gasteiger partial charge in [0.05, 0.1) is 11.9 Å².